The van der Waals surface area contributed by atoms with Crippen LogP contribution in [0.5, 0.6) is 5.75 Å². The average molecular weight is 303 g/mol. The van der Waals surface area contributed by atoms with E-state index >= 15 is 0 Å². The zero-order chi connectivity index (χ0) is 15.0. The summed E-state index contributed by atoms with van der Waals surface area (Å²) in [5, 5.41) is 0. The third kappa shape index (κ3) is 2.38. The maximum absolute atomic E-state index is 13.0. The van der Waals surface area contributed by atoms with Crippen LogP contribution in [0.15, 0.2) is 47.4 Å². The molecule has 2 aromatic rings. The lowest BCUT2D eigenvalue weighted by Crippen LogP contribution is -2.38. The fourth-order valence-corrected chi connectivity index (χ4v) is 4.27. The lowest BCUT2D eigenvalue weighted by Gasteiger charge is -2.30. The smallest absolute Gasteiger partial charge is 0.264 e. The van der Waals surface area contributed by atoms with Gasteiger partial charge in [0.25, 0.3) is 10.0 Å². The summed E-state index contributed by atoms with van der Waals surface area (Å²) < 4.78 is 32.9. The van der Waals surface area contributed by atoms with E-state index in [-0.39, 0.29) is 0 Å². The number of nitrogens with zero attached hydrogens (tertiary/aromatic N) is 1. The van der Waals surface area contributed by atoms with Crippen LogP contribution in [-0.2, 0) is 10.0 Å². The highest BCUT2D eigenvalue weighted by molar-refractivity contribution is 7.92. The Hall–Kier alpha value is -2.01. The molecule has 0 fully saturated rings. The quantitative estimate of drug-likeness (QED) is 0.857. The maximum atomic E-state index is 13.0. The Morgan fingerprint density at radius 3 is 2.62 bits per heavy atom. The van der Waals surface area contributed by atoms with Gasteiger partial charge in [-0.15, -0.1) is 0 Å². The first kappa shape index (κ1) is 13.9. The zero-order valence-electron chi connectivity index (χ0n) is 12.0. The van der Waals surface area contributed by atoms with Crippen LogP contribution in [0, 0.1) is 13.8 Å². The molecule has 0 unspecified atom stereocenters. The first-order chi connectivity index (χ1) is 10.00. The van der Waals surface area contributed by atoms with Crippen molar-refractivity contribution >= 4 is 15.7 Å². The Bertz CT molecular complexity index is 784. The van der Waals surface area contributed by atoms with Gasteiger partial charge in [0.2, 0.25) is 0 Å². The van der Waals surface area contributed by atoms with Crippen LogP contribution in [0.1, 0.15) is 11.1 Å². The second-order valence-corrected chi connectivity index (χ2v) is 6.99. The van der Waals surface area contributed by atoms with Gasteiger partial charge in [-0.25, -0.2) is 8.42 Å². The number of hydrogen-bond acceptors (Lipinski definition) is 3. The molecule has 5 heteroatoms. The molecule has 0 saturated heterocycles. The van der Waals surface area contributed by atoms with Gasteiger partial charge in [0.1, 0.15) is 12.4 Å². The molecule has 1 heterocycles. The second kappa shape index (κ2) is 5.07. The minimum Gasteiger partial charge on any atom is -0.489 e. The van der Waals surface area contributed by atoms with Crippen LogP contribution in [0.2, 0.25) is 0 Å². The van der Waals surface area contributed by atoms with Crippen molar-refractivity contribution in [2.45, 2.75) is 18.7 Å². The first-order valence-corrected chi connectivity index (χ1v) is 8.26. The summed E-state index contributed by atoms with van der Waals surface area (Å²) in [7, 11) is -3.57. The van der Waals surface area contributed by atoms with Gasteiger partial charge >= 0.3 is 0 Å². The summed E-state index contributed by atoms with van der Waals surface area (Å²) in [5.74, 6) is 0.608. The Balaban J connectivity index is 2.12. The summed E-state index contributed by atoms with van der Waals surface area (Å²) in [4.78, 5) is 0.352. The van der Waals surface area contributed by atoms with E-state index in [1.165, 1.54) is 4.31 Å². The van der Waals surface area contributed by atoms with Crippen molar-refractivity contribution in [3.8, 4) is 5.75 Å². The summed E-state index contributed by atoms with van der Waals surface area (Å²) in [5.41, 5.74) is 2.41. The van der Waals surface area contributed by atoms with Crippen LogP contribution in [-0.4, -0.2) is 21.6 Å². The Kier molecular flexibility index (Phi) is 3.37. The number of anilines is 1. The predicted molar refractivity (Wildman–Crippen MR) is 82.4 cm³/mol. The van der Waals surface area contributed by atoms with Crippen LogP contribution in [0.25, 0.3) is 0 Å². The van der Waals surface area contributed by atoms with E-state index in [9.17, 15) is 8.42 Å². The molecule has 0 spiro atoms. The highest BCUT2D eigenvalue weighted by atomic mass is 32.2. The number of benzene rings is 2. The minimum absolute atomic E-state index is 0.326. The molecular formula is C16H17NO3S. The van der Waals surface area contributed by atoms with Gasteiger partial charge in [0, 0.05) is 0 Å². The molecule has 1 aliphatic heterocycles. The van der Waals surface area contributed by atoms with Gasteiger partial charge < -0.3 is 4.74 Å². The topological polar surface area (TPSA) is 46.6 Å². The van der Waals surface area contributed by atoms with E-state index in [1.807, 2.05) is 38.1 Å². The maximum Gasteiger partial charge on any atom is 0.264 e. The van der Waals surface area contributed by atoms with E-state index in [4.69, 9.17) is 4.74 Å². The SMILES string of the molecule is Cc1ccc(S(=O)(=O)N2CCOc3ccccc32)c(C)c1. The van der Waals surface area contributed by atoms with E-state index < -0.39 is 10.0 Å². The van der Waals surface area contributed by atoms with Crippen molar-refractivity contribution in [1.29, 1.82) is 0 Å². The molecule has 0 radical (unpaired) electrons. The van der Waals surface area contributed by atoms with Crippen molar-refractivity contribution < 1.29 is 13.2 Å². The van der Waals surface area contributed by atoms with Crippen molar-refractivity contribution in [2.75, 3.05) is 17.5 Å². The highest BCUT2D eigenvalue weighted by Gasteiger charge is 2.30. The lowest BCUT2D eigenvalue weighted by molar-refractivity contribution is 0.316. The third-order valence-electron chi connectivity index (χ3n) is 3.58. The Morgan fingerprint density at radius 1 is 1.10 bits per heavy atom. The molecule has 3 rings (SSSR count). The number of rotatable bonds is 2. The van der Waals surface area contributed by atoms with Crippen molar-refractivity contribution in [1.82, 2.24) is 0 Å². The summed E-state index contributed by atoms with van der Waals surface area (Å²) >= 11 is 0. The molecule has 0 saturated carbocycles. The molecule has 1 aliphatic rings. The van der Waals surface area contributed by atoms with E-state index in [1.54, 1.807) is 18.2 Å². The summed E-state index contributed by atoms with van der Waals surface area (Å²) in [6.07, 6.45) is 0. The normalized spacial score (nSPS) is 14.5. The average Bonchev–Trinajstić information content (AvgIpc) is 2.46. The van der Waals surface area contributed by atoms with Crippen LogP contribution in [0.3, 0.4) is 0 Å². The molecule has 0 atom stereocenters. The number of ether oxygens (including phenoxy) is 1. The number of aryl methyl sites for hydroxylation is 2. The van der Waals surface area contributed by atoms with Gasteiger partial charge in [-0.05, 0) is 37.6 Å². The fraction of sp³-hybridized carbons (Fsp3) is 0.250. The molecule has 0 aromatic heterocycles. The Labute approximate surface area is 125 Å². The second-order valence-electron chi connectivity index (χ2n) is 5.16. The molecule has 0 aliphatic carbocycles. The van der Waals surface area contributed by atoms with Gasteiger partial charge in [0.05, 0.1) is 17.1 Å². The van der Waals surface area contributed by atoms with Crippen LogP contribution < -0.4 is 9.04 Å². The molecule has 0 bridgehead atoms. The predicted octanol–water partition coefficient (Wildman–Crippen LogP) is 2.89. The van der Waals surface area contributed by atoms with Crippen LogP contribution in [0.4, 0.5) is 5.69 Å². The van der Waals surface area contributed by atoms with E-state index in [2.05, 4.69) is 0 Å². The Morgan fingerprint density at radius 2 is 1.86 bits per heavy atom. The van der Waals surface area contributed by atoms with Gasteiger partial charge in [0.15, 0.2) is 0 Å². The van der Waals surface area contributed by atoms with Crippen molar-refractivity contribution in [2.24, 2.45) is 0 Å². The number of para-hydroxylation sites is 2. The molecule has 110 valence electrons. The van der Waals surface area contributed by atoms with E-state index in [0.29, 0.717) is 29.5 Å². The molecular weight excluding hydrogens is 286 g/mol. The molecule has 0 N–H and O–H groups in total. The number of sulfonamides is 1. The molecule has 0 amide bonds. The van der Waals surface area contributed by atoms with Gasteiger partial charge in [-0.3, -0.25) is 4.31 Å². The first-order valence-electron chi connectivity index (χ1n) is 6.82. The summed E-state index contributed by atoms with van der Waals surface area (Å²) in [6, 6.07) is 12.6. The highest BCUT2D eigenvalue weighted by Crippen LogP contribution is 2.35. The number of hydrogen-bond donors (Lipinski definition) is 0. The largest absolute Gasteiger partial charge is 0.489 e. The minimum atomic E-state index is -3.57. The molecule has 21 heavy (non-hydrogen) atoms. The summed E-state index contributed by atoms with van der Waals surface area (Å²) in [6.45, 7) is 4.47. The standard InChI is InChI=1S/C16H17NO3S/c1-12-7-8-16(13(2)11-12)21(18,19)17-9-10-20-15-6-4-3-5-14(15)17/h3-8,11H,9-10H2,1-2H3. The van der Waals surface area contributed by atoms with Gasteiger partial charge in [-0.2, -0.15) is 0 Å². The fourth-order valence-electron chi connectivity index (χ4n) is 2.60. The van der Waals surface area contributed by atoms with E-state index in [0.717, 1.165) is 11.1 Å². The van der Waals surface area contributed by atoms with Crippen molar-refractivity contribution in [3.05, 3.63) is 53.6 Å². The zero-order valence-corrected chi connectivity index (χ0v) is 12.9. The molecule has 4 nitrogen and oxygen atoms in total. The number of fused-ring (bicyclic) bond motifs is 1. The monoisotopic (exact) mass is 303 g/mol. The van der Waals surface area contributed by atoms with Crippen LogP contribution >= 0.6 is 0 Å². The lowest BCUT2D eigenvalue weighted by atomic mass is 10.2. The molecule has 2 aromatic carbocycles. The van der Waals surface area contributed by atoms with Gasteiger partial charge in [-0.1, -0.05) is 29.8 Å². The van der Waals surface area contributed by atoms with Crippen molar-refractivity contribution in [3.63, 3.8) is 0 Å². The third-order valence-corrected chi connectivity index (χ3v) is 5.56.